The first-order chi connectivity index (χ1) is 6.72. The Bertz CT molecular complexity index is 313. The maximum atomic E-state index is 5.65. The standard InChI is InChI=1S/C11H18N2O/c1-7(2)11-10(8-4-3-5-8)13-9(6-12)14-11/h7-8H,3-6,12H2,1-2H3. The van der Waals surface area contributed by atoms with Crippen molar-refractivity contribution in [3.63, 3.8) is 0 Å². The van der Waals surface area contributed by atoms with Gasteiger partial charge in [-0.15, -0.1) is 0 Å². The third-order valence-electron chi connectivity index (χ3n) is 2.92. The van der Waals surface area contributed by atoms with Crippen molar-refractivity contribution < 1.29 is 4.42 Å². The fraction of sp³-hybridized carbons (Fsp3) is 0.727. The van der Waals surface area contributed by atoms with Gasteiger partial charge < -0.3 is 10.2 Å². The lowest BCUT2D eigenvalue weighted by Crippen LogP contribution is -2.11. The molecule has 0 aromatic carbocycles. The normalized spacial score (nSPS) is 17.4. The van der Waals surface area contributed by atoms with E-state index in [4.69, 9.17) is 10.2 Å². The third kappa shape index (κ3) is 1.57. The minimum Gasteiger partial charge on any atom is -0.444 e. The van der Waals surface area contributed by atoms with Gasteiger partial charge in [0.15, 0.2) is 0 Å². The van der Waals surface area contributed by atoms with Crippen LogP contribution in [0.2, 0.25) is 0 Å². The van der Waals surface area contributed by atoms with Gasteiger partial charge in [-0.05, 0) is 12.8 Å². The van der Waals surface area contributed by atoms with Crippen LogP contribution in [0.25, 0.3) is 0 Å². The average molecular weight is 194 g/mol. The summed E-state index contributed by atoms with van der Waals surface area (Å²) >= 11 is 0. The average Bonchev–Trinajstić information content (AvgIpc) is 2.45. The van der Waals surface area contributed by atoms with E-state index in [0.717, 1.165) is 5.76 Å². The van der Waals surface area contributed by atoms with Gasteiger partial charge in [-0.25, -0.2) is 4.98 Å². The first kappa shape index (κ1) is 9.71. The Labute approximate surface area is 84.7 Å². The van der Waals surface area contributed by atoms with Crippen LogP contribution in [0.15, 0.2) is 4.42 Å². The summed E-state index contributed by atoms with van der Waals surface area (Å²) in [6, 6.07) is 0. The van der Waals surface area contributed by atoms with Crippen LogP contribution in [-0.4, -0.2) is 4.98 Å². The van der Waals surface area contributed by atoms with Crippen LogP contribution in [0.4, 0.5) is 0 Å². The molecule has 14 heavy (non-hydrogen) atoms. The molecule has 0 aliphatic heterocycles. The molecule has 78 valence electrons. The summed E-state index contributed by atoms with van der Waals surface area (Å²) in [7, 11) is 0. The first-order valence-electron chi connectivity index (χ1n) is 5.42. The van der Waals surface area contributed by atoms with Gasteiger partial charge in [0.1, 0.15) is 5.76 Å². The molecule has 0 amide bonds. The van der Waals surface area contributed by atoms with Crippen LogP contribution in [-0.2, 0) is 6.54 Å². The van der Waals surface area contributed by atoms with Crippen LogP contribution in [0, 0.1) is 0 Å². The van der Waals surface area contributed by atoms with E-state index in [0.29, 0.717) is 24.3 Å². The number of rotatable bonds is 3. The zero-order valence-electron chi connectivity index (χ0n) is 8.92. The topological polar surface area (TPSA) is 52.0 Å². The molecule has 1 aromatic rings. The van der Waals surface area contributed by atoms with E-state index in [2.05, 4.69) is 18.8 Å². The van der Waals surface area contributed by atoms with E-state index >= 15 is 0 Å². The molecule has 3 heteroatoms. The Hall–Kier alpha value is -0.830. The predicted molar refractivity (Wildman–Crippen MR) is 55.1 cm³/mol. The van der Waals surface area contributed by atoms with Crippen molar-refractivity contribution in [2.24, 2.45) is 5.73 Å². The zero-order valence-corrected chi connectivity index (χ0v) is 8.92. The Morgan fingerprint density at radius 2 is 2.21 bits per heavy atom. The highest BCUT2D eigenvalue weighted by molar-refractivity contribution is 5.20. The summed E-state index contributed by atoms with van der Waals surface area (Å²) in [4.78, 5) is 4.48. The van der Waals surface area contributed by atoms with Gasteiger partial charge in [0.25, 0.3) is 0 Å². The van der Waals surface area contributed by atoms with Crippen molar-refractivity contribution in [2.45, 2.75) is 51.5 Å². The molecule has 3 nitrogen and oxygen atoms in total. The van der Waals surface area contributed by atoms with Crippen molar-refractivity contribution in [1.82, 2.24) is 4.98 Å². The van der Waals surface area contributed by atoms with Crippen LogP contribution < -0.4 is 5.73 Å². The van der Waals surface area contributed by atoms with Crippen molar-refractivity contribution in [1.29, 1.82) is 0 Å². The van der Waals surface area contributed by atoms with E-state index in [1.807, 2.05) is 0 Å². The number of nitrogens with two attached hydrogens (primary N) is 1. The summed E-state index contributed by atoms with van der Waals surface area (Å²) in [6.07, 6.45) is 3.85. The van der Waals surface area contributed by atoms with Crippen molar-refractivity contribution in [3.8, 4) is 0 Å². The SMILES string of the molecule is CC(C)c1oc(CN)nc1C1CCC1. The molecule has 2 N–H and O–H groups in total. The highest BCUT2D eigenvalue weighted by Crippen LogP contribution is 2.39. The molecule has 1 saturated carbocycles. The minimum absolute atomic E-state index is 0.409. The molecule has 1 fully saturated rings. The molecule has 0 radical (unpaired) electrons. The lowest BCUT2D eigenvalue weighted by atomic mass is 9.81. The lowest BCUT2D eigenvalue weighted by Gasteiger charge is -2.24. The highest BCUT2D eigenvalue weighted by atomic mass is 16.4. The van der Waals surface area contributed by atoms with Gasteiger partial charge in [0.2, 0.25) is 5.89 Å². The van der Waals surface area contributed by atoms with E-state index < -0.39 is 0 Å². The number of oxazole rings is 1. The molecule has 1 aromatic heterocycles. The summed E-state index contributed by atoms with van der Waals surface area (Å²) in [5.74, 6) is 2.79. The van der Waals surface area contributed by atoms with Gasteiger partial charge in [0.05, 0.1) is 12.2 Å². The van der Waals surface area contributed by atoms with Gasteiger partial charge in [0, 0.05) is 11.8 Å². The largest absolute Gasteiger partial charge is 0.444 e. The number of nitrogens with zero attached hydrogens (tertiary/aromatic N) is 1. The van der Waals surface area contributed by atoms with Crippen LogP contribution >= 0.6 is 0 Å². The molecule has 0 spiro atoms. The summed E-state index contributed by atoms with van der Waals surface area (Å²) in [6.45, 7) is 4.69. The zero-order chi connectivity index (χ0) is 10.1. The van der Waals surface area contributed by atoms with Crippen LogP contribution in [0.1, 0.15) is 62.3 Å². The van der Waals surface area contributed by atoms with Gasteiger partial charge in [-0.1, -0.05) is 20.3 Å². The van der Waals surface area contributed by atoms with Crippen LogP contribution in [0.5, 0.6) is 0 Å². The second-order valence-electron chi connectivity index (χ2n) is 4.34. The molecular weight excluding hydrogens is 176 g/mol. The first-order valence-corrected chi connectivity index (χ1v) is 5.42. The molecule has 1 aliphatic carbocycles. The maximum absolute atomic E-state index is 5.65. The highest BCUT2D eigenvalue weighted by Gasteiger charge is 2.27. The molecule has 1 aliphatic rings. The Morgan fingerprint density at radius 1 is 1.50 bits per heavy atom. The fourth-order valence-electron chi connectivity index (χ4n) is 1.87. The monoisotopic (exact) mass is 194 g/mol. The summed E-state index contributed by atoms with van der Waals surface area (Å²) < 4.78 is 5.65. The van der Waals surface area contributed by atoms with E-state index in [1.54, 1.807) is 0 Å². The van der Waals surface area contributed by atoms with Gasteiger partial charge in [-0.3, -0.25) is 0 Å². The third-order valence-corrected chi connectivity index (χ3v) is 2.92. The van der Waals surface area contributed by atoms with Crippen molar-refractivity contribution >= 4 is 0 Å². The molecular formula is C11H18N2O. The van der Waals surface area contributed by atoms with Crippen molar-refractivity contribution in [3.05, 3.63) is 17.3 Å². The van der Waals surface area contributed by atoms with Crippen molar-refractivity contribution in [2.75, 3.05) is 0 Å². The molecule has 1 heterocycles. The minimum atomic E-state index is 0.409. The van der Waals surface area contributed by atoms with Crippen LogP contribution in [0.3, 0.4) is 0 Å². The predicted octanol–water partition coefficient (Wildman–Crippen LogP) is 2.52. The van der Waals surface area contributed by atoms with Gasteiger partial charge >= 0.3 is 0 Å². The Kier molecular flexibility index (Phi) is 2.59. The molecule has 0 unspecified atom stereocenters. The maximum Gasteiger partial charge on any atom is 0.208 e. The molecule has 2 rings (SSSR count). The van der Waals surface area contributed by atoms with Gasteiger partial charge in [-0.2, -0.15) is 0 Å². The Morgan fingerprint density at radius 3 is 2.64 bits per heavy atom. The lowest BCUT2D eigenvalue weighted by molar-refractivity contribution is 0.394. The number of hydrogen-bond donors (Lipinski definition) is 1. The summed E-state index contributed by atoms with van der Waals surface area (Å²) in [5, 5.41) is 0. The second-order valence-corrected chi connectivity index (χ2v) is 4.34. The molecule has 0 saturated heterocycles. The quantitative estimate of drug-likeness (QED) is 0.804. The van der Waals surface area contributed by atoms with E-state index in [1.165, 1.54) is 25.0 Å². The van der Waals surface area contributed by atoms with E-state index in [-0.39, 0.29) is 0 Å². The second kappa shape index (κ2) is 3.73. The molecule has 0 bridgehead atoms. The smallest absolute Gasteiger partial charge is 0.208 e. The number of aromatic nitrogens is 1. The van der Waals surface area contributed by atoms with E-state index in [9.17, 15) is 0 Å². The Balaban J connectivity index is 2.30. The fourth-order valence-corrected chi connectivity index (χ4v) is 1.87. The summed E-state index contributed by atoms with van der Waals surface area (Å²) in [5.41, 5.74) is 6.71. The molecule has 0 atom stereocenters. The number of hydrogen-bond acceptors (Lipinski definition) is 3.